The Kier molecular flexibility index (Phi) is 13.2. The number of hydrogen-bond donors (Lipinski definition) is 4. The third kappa shape index (κ3) is 10.00. The number of halogens is 3. The molecule has 11 heteroatoms. The first-order chi connectivity index (χ1) is 16.9. The average Bonchev–Trinajstić information content (AvgIpc) is 2.85. The molecule has 0 aliphatic heterocycles. The molecule has 7 nitrogen and oxygen atoms in total. The van der Waals surface area contributed by atoms with Crippen molar-refractivity contribution in [2.45, 2.75) is 57.3 Å². The van der Waals surface area contributed by atoms with E-state index in [9.17, 15) is 22.8 Å². The van der Waals surface area contributed by atoms with Crippen LogP contribution in [0.3, 0.4) is 0 Å². The lowest BCUT2D eigenvalue weighted by atomic mass is 10.0. The van der Waals surface area contributed by atoms with Gasteiger partial charge in [-0.2, -0.15) is 13.2 Å². The van der Waals surface area contributed by atoms with Crippen molar-refractivity contribution >= 4 is 35.3 Å². The van der Waals surface area contributed by atoms with Crippen molar-refractivity contribution in [1.29, 1.82) is 0 Å². The highest BCUT2D eigenvalue weighted by Gasteiger charge is 2.38. The molecule has 198 valence electrons. The molecule has 0 spiro atoms. The molecule has 0 aromatic heterocycles. The van der Waals surface area contributed by atoms with E-state index in [2.05, 4.69) is 12.6 Å². The molecule has 5 N–H and O–H groups in total. The number of benzene rings is 2. The Morgan fingerprint density at radius 3 is 2.08 bits per heavy atom. The van der Waals surface area contributed by atoms with Gasteiger partial charge >= 0.3 is 12.1 Å². The molecule has 0 unspecified atom stereocenters. The zero-order valence-corrected chi connectivity index (χ0v) is 20.8. The number of aliphatic carboxylic acids is 1. The molecule has 0 saturated heterocycles. The van der Waals surface area contributed by atoms with Crippen molar-refractivity contribution in [3.63, 3.8) is 0 Å². The van der Waals surface area contributed by atoms with Crippen LogP contribution in [0, 0.1) is 0 Å². The van der Waals surface area contributed by atoms with Crippen LogP contribution in [0.1, 0.15) is 37.3 Å². The van der Waals surface area contributed by atoms with E-state index >= 15 is 0 Å². The monoisotopic (exact) mass is 527 g/mol. The number of thiol groups is 1. The number of carbonyl (C=O) groups excluding carboxylic acids is 2. The van der Waals surface area contributed by atoms with Crippen LogP contribution in [-0.2, 0) is 27.2 Å². The lowest BCUT2D eigenvalue weighted by molar-refractivity contribution is -0.192. The Bertz CT molecular complexity index is 990. The Hall–Kier alpha value is -2.89. The summed E-state index contributed by atoms with van der Waals surface area (Å²) in [6.45, 7) is 2.46. The van der Waals surface area contributed by atoms with Crippen LogP contribution < -0.4 is 16.4 Å². The van der Waals surface area contributed by atoms with E-state index in [1.807, 2.05) is 61.5 Å². The fourth-order valence-corrected chi connectivity index (χ4v) is 3.67. The van der Waals surface area contributed by atoms with Crippen LogP contribution >= 0.6 is 12.6 Å². The van der Waals surface area contributed by atoms with E-state index in [0.717, 1.165) is 23.2 Å². The molecule has 0 aliphatic carbocycles. The van der Waals surface area contributed by atoms with Gasteiger partial charge in [-0.05, 0) is 55.8 Å². The summed E-state index contributed by atoms with van der Waals surface area (Å²) in [4.78, 5) is 36.2. The summed E-state index contributed by atoms with van der Waals surface area (Å²) in [5.74, 6) is -3.02. The van der Waals surface area contributed by atoms with Gasteiger partial charge < -0.3 is 16.6 Å². The molecule has 0 saturated carbocycles. The normalized spacial score (nSPS) is 12.6. The highest BCUT2D eigenvalue weighted by molar-refractivity contribution is 7.96. The zero-order chi connectivity index (χ0) is 27.3. The summed E-state index contributed by atoms with van der Waals surface area (Å²) in [5.41, 5.74) is 14.8. The number of amides is 1. The second kappa shape index (κ2) is 15.3. The fraction of sp³-hybridized carbons (Fsp3) is 0.400. The summed E-state index contributed by atoms with van der Waals surface area (Å²) >= 11 is 4.08. The van der Waals surface area contributed by atoms with E-state index in [1.165, 1.54) is 0 Å². The van der Waals surface area contributed by atoms with Gasteiger partial charge in [0.05, 0.1) is 6.04 Å². The van der Waals surface area contributed by atoms with Crippen molar-refractivity contribution in [3.05, 3.63) is 65.7 Å². The molecule has 0 radical (unpaired) electrons. The van der Waals surface area contributed by atoms with Gasteiger partial charge in [0.25, 0.3) is 0 Å². The van der Waals surface area contributed by atoms with Crippen LogP contribution in [0.25, 0.3) is 0 Å². The highest BCUT2D eigenvalue weighted by Crippen LogP contribution is 2.27. The van der Waals surface area contributed by atoms with Gasteiger partial charge in [0, 0.05) is 5.69 Å². The van der Waals surface area contributed by atoms with Crippen molar-refractivity contribution in [2.75, 3.05) is 11.4 Å². The molecule has 0 heterocycles. The van der Waals surface area contributed by atoms with Gasteiger partial charge in [0.15, 0.2) is 0 Å². The molecule has 0 bridgehead atoms. The summed E-state index contributed by atoms with van der Waals surface area (Å²) in [6.07, 6.45) is -2.08. The number of rotatable bonds is 11. The van der Waals surface area contributed by atoms with Crippen molar-refractivity contribution in [2.24, 2.45) is 11.5 Å². The molecular weight excluding hydrogens is 495 g/mol. The first-order valence-corrected chi connectivity index (χ1v) is 11.8. The van der Waals surface area contributed by atoms with Crippen molar-refractivity contribution < 1.29 is 32.7 Å². The number of hydrogen-bond acceptors (Lipinski definition) is 5. The van der Waals surface area contributed by atoms with Crippen LogP contribution in [-0.4, -0.2) is 46.9 Å². The minimum atomic E-state index is -5.08. The standard InChI is InChI=1S/C23H31N3O2S.C2HF3O2/c1-2-18-11-6-7-12-20(18)26(21(23(28)29)13-8-16-24)22(27)19(25)15-14-17-9-4-3-5-10-17;3-2(4,5)1(6)7/h3-7,9-12,19,21H,2,8,13-16,24-25H2,1H3,(H,28,29);(H,6,7)/t19-,21-;/m0./s1. The van der Waals surface area contributed by atoms with Crippen LogP contribution in [0.5, 0.6) is 0 Å². The van der Waals surface area contributed by atoms with Crippen molar-refractivity contribution in [3.8, 4) is 0 Å². The number of carbonyl (C=O) groups is 3. The predicted molar refractivity (Wildman–Crippen MR) is 136 cm³/mol. The average molecular weight is 528 g/mol. The summed E-state index contributed by atoms with van der Waals surface area (Å²) in [7, 11) is 0. The third-order valence-electron chi connectivity index (χ3n) is 5.29. The predicted octanol–water partition coefficient (Wildman–Crippen LogP) is 3.74. The maximum absolute atomic E-state index is 13.4. The van der Waals surface area contributed by atoms with Gasteiger partial charge in [0.2, 0.25) is 11.0 Å². The van der Waals surface area contributed by atoms with Gasteiger partial charge in [-0.15, -0.1) is 12.6 Å². The SMILES string of the molecule is CCc1ccccc1N(C(=O)[C@@H](N)CCc1ccccc1)[C@@H](CCCN)C(=O)S.O=C(O)C(F)(F)F. The third-order valence-corrected chi connectivity index (χ3v) is 5.59. The quantitative estimate of drug-likeness (QED) is 0.330. The second-order valence-corrected chi connectivity index (χ2v) is 8.35. The van der Waals surface area contributed by atoms with Crippen LogP contribution in [0.15, 0.2) is 54.6 Å². The molecular formula is C25H32F3N3O4S. The van der Waals surface area contributed by atoms with Gasteiger partial charge in [-0.1, -0.05) is 55.5 Å². The molecule has 2 atom stereocenters. The largest absolute Gasteiger partial charge is 0.490 e. The Morgan fingerprint density at radius 1 is 1.03 bits per heavy atom. The molecule has 2 rings (SSSR count). The highest BCUT2D eigenvalue weighted by atomic mass is 32.1. The molecule has 2 aromatic carbocycles. The Labute approximate surface area is 214 Å². The Balaban J connectivity index is 0.000000809. The topological polar surface area (TPSA) is 127 Å². The lowest BCUT2D eigenvalue weighted by Crippen LogP contribution is -2.51. The Morgan fingerprint density at radius 2 is 1.58 bits per heavy atom. The lowest BCUT2D eigenvalue weighted by Gasteiger charge is -2.33. The van der Waals surface area contributed by atoms with E-state index in [4.69, 9.17) is 21.4 Å². The van der Waals surface area contributed by atoms with Crippen LogP contribution in [0.2, 0.25) is 0 Å². The number of para-hydroxylation sites is 1. The molecule has 1 amide bonds. The maximum Gasteiger partial charge on any atom is 0.490 e. The van der Waals surface area contributed by atoms with Gasteiger partial charge in [0.1, 0.15) is 6.04 Å². The first kappa shape index (κ1) is 31.1. The smallest absolute Gasteiger partial charge is 0.475 e. The van der Waals surface area contributed by atoms with Gasteiger partial charge in [-0.25, -0.2) is 4.79 Å². The second-order valence-electron chi connectivity index (χ2n) is 7.91. The zero-order valence-electron chi connectivity index (χ0n) is 19.9. The number of anilines is 1. The van der Waals surface area contributed by atoms with Gasteiger partial charge in [-0.3, -0.25) is 14.5 Å². The number of alkyl halides is 3. The molecule has 36 heavy (non-hydrogen) atoms. The minimum absolute atomic E-state index is 0.258. The van der Waals surface area contributed by atoms with E-state index < -0.39 is 24.2 Å². The van der Waals surface area contributed by atoms with E-state index in [1.54, 1.807) is 4.90 Å². The molecule has 0 fully saturated rings. The summed E-state index contributed by atoms with van der Waals surface area (Å²) in [6, 6.07) is 16.2. The fourth-order valence-electron chi connectivity index (χ4n) is 3.43. The number of aryl methyl sites for hydroxylation is 2. The maximum atomic E-state index is 13.4. The number of nitrogens with two attached hydrogens (primary N) is 2. The minimum Gasteiger partial charge on any atom is -0.475 e. The molecule has 2 aromatic rings. The van der Waals surface area contributed by atoms with E-state index in [-0.39, 0.29) is 11.0 Å². The summed E-state index contributed by atoms with van der Waals surface area (Å²) < 4.78 is 31.7. The number of carboxylic acids is 1. The van der Waals surface area contributed by atoms with E-state index in [0.29, 0.717) is 32.2 Å². The van der Waals surface area contributed by atoms with Crippen LogP contribution in [0.4, 0.5) is 18.9 Å². The number of nitrogens with zero attached hydrogens (tertiary/aromatic N) is 1. The van der Waals surface area contributed by atoms with Crippen molar-refractivity contribution in [1.82, 2.24) is 0 Å². The molecule has 0 aliphatic rings. The first-order valence-electron chi connectivity index (χ1n) is 11.4. The summed E-state index contributed by atoms with van der Waals surface area (Å²) in [5, 5.41) is 6.77. The number of carboxylic acid groups (broad SMARTS) is 1.